The SMILES string of the molecule is C[C@H]1COCC[C@@H]1Nc1ncc2nc(Nc3c(Cl)cc(Cl)cc3Cl)n([C@H]3CC[C@@H](C)CC3)c2n1. The molecule has 1 aliphatic carbocycles. The molecule has 1 aromatic carbocycles. The van der Waals surface area contributed by atoms with Gasteiger partial charge in [-0.05, 0) is 56.1 Å². The smallest absolute Gasteiger partial charge is 0.224 e. The molecule has 34 heavy (non-hydrogen) atoms. The second-order valence-corrected chi connectivity index (χ2v) is 10.8. The number of ether oxygens (including phenoxy) is 1. The number of nitrogens with zero attached hydrogens (tertiary/aromatic N) is 4. The van der Waals surface area contributed by atoms with Gasteiger partial charge in [0, 0.05) is 23.7 Å². The fraction of sp³-hybridized carbons (Fsp3) is 0.542. The standard InChI is InChI=1S/C24H29Cl3N6O/c1-13-3-5-16(6-4-13)33-22-20(11-28-23(32-22)29-19-7-8-34-12-14(19)2)30-24(33)31-21-17(26)9-15(25)10-18(21)27/h9-11,13-14,16,19H,3-8,12H2,1-2H3,(H,30,31)(H,28,29,32)/t13-,14-,16+,19-/m0/s1. The van der Waals surface area contributed by atoms with E-state index in [2.05, 4.69) is 34.0 Å². The Hall–Kier alpha value is -1.80. The first-order chi connectivity index (χ1) is 16.4. The molecule has 1 saturated heterocycles. The molecular weight excluding hydrogens is 495 g/mol. The summed E-state index contributed by atoms with van der Waals surface area (Å²) in [5, 5.41) is 8.26. The summed E-state index contributed by atoms with van der Waals surface area (Å²) in [5.41, 5.74) is 2.11. The van der Waals surface area contributed by atoms with Gasteiger partial charge >= 0.3 is 0 Å². The second-order valence-electron chi connectivity index (χ2n) is 9.58. The first-order valence-electron chi connectivity index (χ1n) is 11.9. The molecule has 2 N–H and O–H groups in total. The van der Waals surface area contributed by atoms with Crippen molar-refractivity contribution < 1.29 is 4.74 Å². The number of hydrogen-bond donors (Lipinski definition) is 2. The van der Waals surface area contributed by atoms with Crippen LogP contribution in [0.15, 0.2) is 18.3 Å². The Balaban J connectivity index is 1.54. The molecule has 2 aliphatic rings. The zero-order valence-corrected chi connectivity index (χ0v) is 21.6. The minimum atomic E-state index is 0.276. The normalized spacial score (nSPS) is 25.4. The summed E-state index contributed by atoms with van der Waals surface area (Å²) in [4.78, 5) is 14.3. The van der Waals surface area contributed by atoms with Crippen molar-refractivity contribution in [1.82, 2.24) is 19.5 Å². The van der Waals surface area contributed by atoms with Gasteiger partial charge in [0.1, 0.15) is 5.52 Å². The van der Waals surface area contributed by atoms with Gasteiger partial charge in [-0.25, -0.2) is 9.97 Å². The summed E-state index contributed by atoms with van der Waals surface area (Å²) in [5.74, 6) is 2.39. The van der Waals surface area contributed by atoms with E-state index in [1.54, 1.807) is 18.3 Å². The Labute approximate surface area is 214 Å². The maximum atomic E-state index is 6.47. The third-order valence-electron chi connectivity index (χ3n) is 6.98. The number of hydrogen-bond acceptors (Lipinski definition) is 6. The van der Waals surface area contributed by atoms with Crippen molar-refractivity contribution in [3.8, 4) is 0 Å². The van der Waals surface area contributed by atoms with E-state index in [0.717, 1.165) is 49.6 Å². The van der Waals surface area contributed by atoms with E-state index in [-0.39, 0.29) is 12.1 Å². The lowest BCUT2D eigenvalue weighted by Crippen LogP contribution is -2.36. The van der Waals surface area contributed by atoms with Crippen molar-refractivity contribution in [2.75, 3.05) is 23.8 Å². The number of benzene rings is 1. The van der Waals surface area contributed by atoms with Crippen LogP contribution in [0.4, 0.5) is 17.6 Å². The van der Waals surface area contributed by atoms with Gasteiger partial charge in [-0.1, -0.05) is 48.7 Å². The highest BCUT2D eigenvalue weighted by molar-refractivity contribution is 6.41. The minimum Gasteiger partial charge on any atom is -0.381 e. The van der Waals surface area contributed by atoms with Crippen molar-refractivity contribution >= 4 is 63.6 Å². The number of fused-ring (bicyclic) bond motifs is 1. The van der Waals surface area contributed by atoms with Crippen LogP contribution < -0.4 is 10.6 Å². The van der Waals surface area contributed by atoms with E-state index in [0.29, 0.717) is 38.6 Å². The highest BCUT2D eigenvalue weighted by Gasteiger charge is 2.27. The highest BCUT2D eigenvalue weighted by Crippen LogP contribution is 2.40. The minimum absolute atomic E-state index is 0.276. The molecule has 0 amide bonds. The molecule has 0 bridgehead atoms. The summed E-state index contributed by atoms with van der Waals surface area (Å²) in [6.07, 6.45) is 7.18. The third kappa shape index (κ3) is 4.94. The molecular formula is C24H29Cl3N6O. The van der Waals surface area contributed by atoms with Crippen LogP contribution in [-0.4, -0.2) is 38.8 Å². The van der Waals surface area contributed by atoms with Gasteiger partial charge in [0.25, 0.3) is 0 Å². The largest absolute Gasteiger partial charge is 0.381 e. The number of halogens is 3. The summed E-state index contributed by atoms with van der Waals surface area (Å²) in [6.45, 7) is 5.99. The Morgan fingerprint density at radius 2 is 1.74 bits per heavy atom. The molecule has 2 fully saturated rings. The quantitative estimate of drug-likeness (QED) is 0.371. The number of anilines is 3. The summed E-state index contributed by atoms with van der Waals surface area (Å²) in [6, 6.07) is 3.90. The number of imidazole rings is 1. The summed E-state index contributed by atoms with van der Waals surface area (Å²) < 4.78 is 7.78. The maximum Gasteiger partial charge on any atom is 0.224 e. The van der Waals surface area contributed by atoms with E-state index in [4.69, 9.17) is 49.5 Å². The van der Waals surface area contributed by atoms with Crippen LogP contribution in [0.1, 0.15) is 52.0 Å². The van der Waals surface area contributed by atoms with Crippen LogP contribution in [0.2, 0.25) is 15.1 Å². The molecule has 0 unspecified atom stereocenters. The average Bonchev–Trinajstić information content (AvgIpc) is 3.16. The summed E-state index contributed by atoms with van der Waals surface area (Å²) in [7, 11) is 0. The molecule has 182 valence electrons. The molecule has 3 heterocycles. The first-order valence-corrected chi connectivity index (χ1v) is 13.0. The predicted molar refractivity (Wildman–Crippen MR) is 139 cm³/mol. The van der Waals surface area contributed by atoms with Gasteiger partial charge in [0.2, 0.25) is 11.9 Å². The molecule has 1 saturated carbocycles. The highest BCUT2D eigenvalue weighted by atomic mass is 35.5. The molecule has 2 aromatic heterocycles. The van der Waals surface area contributed by atoms with E-state index in [1.807, 2.05) is 0 Å². The van der Waals surface area contributed by atoms with E-state index in [1.165, 1.54) is 12.8 Å². The fourth-order valence-electron chi connectivity index (χ4n) is 4.93. The molecule has 7 nitrogen and oxygen atoms in total. The van der Waals surface area contributed by atoms with Gasteiger partial charge in [0.15, 0.2) is 5.65 Å². The lowest BCUT2D eigenvalue weighted by molar-refractivity contribution is 0.0536. The van der Waals surface area contributed by atoms with Crippen molar-refractivity contribution in [3.63, 3.8) is 0 Å². The van der Waals surface area contributed by atoms with Crippen molar-refractivity contribution in [2.45, 2.75) is 58.0 Å². The predicted octanol–water partition coefficient (Wildman–Crippen LogP) is 7.12. The second kappa shape index (κ2) is 10.1. The molecule has 10 heteroatoms. The van der Waals surface area contributed by atoms with Crippen molar-refractivity contribution in [2.24, 2.45) is 11.8 Å². The van der Waals surface area contributed by atoms with Crippen LogP contribution in [0.25, 0.3) is 11.2 Å². The number of nitrogens with one attached hydrogen (secondary N) is 2. The van der Waals surface area contributed by atoms with Crippen LogP contribution in [0.3, 0.4) is 0 Å². The monoisotopic (exact) mass is 522 g/mol. The molecule has 1 aliphatic heterocycles. The lowest BCUT2D eigenvalue weighted by atomic mass is 9.87. The number of aromatic nitrogens is 4. The van der Waals surface area contributed by atoms with E-state index >= 15 is 0 Å². The first kappa shape index (κ1) is 23.9. The maximum absolute atomic E-state index is 6.47. The third-order valence-corrected chi connectivity index (χ3v) is 7.80. The zero-order valence-electron chi connectivity index (χ0n) is 19.3. The molecule has 0 spiro atoms. The fourth-order valence-corrected chi connectivity index (χ4v) is 5.84. The lowest BCUT2D eigenvalue weighted by Gasteiger charge is -2.30. The molecule has 2 atom stereocenters. The van der Waals surface area contributed by atoms with Crippen LogP contribution in [-0.2, 0) is 4.74 Å². The topological polar surface area (TPSA) is 76.9 Å². The molecule has 3 aromatic rings. The van der Waals surface area contributed by atoms with Crippen LogP contribution >= 0.6 is 34.8 Å². The van der Waals surface area contributed by atoms with E-state index in [9.17, 15) is 0 Å². The van der Waals surface area contributed by atoms with Gasteiger partial charge in [-0.2, -0.15) is 4.98 Å². The zero-order chi connectivity index (χ0) is 23.8. The van der Waals surface area contributed by atoms with Crippen molar-refractivity contribution in [1.29, 1.82) is 0 Å². The Kier molecular flexibility index (Phi) is 7.07. The van der Waals surface area contributed by atoms with E-state index < -0.39 is 0 Å². The Morgan fingerprint density at radius 1 is 1.00 bits per heavy atom. The van der Waals surface area contributed by atoms with Crippen LogP contribution in [0.5, 0.6) is 0 Å². The van der Waals surface area contributed by atoms with Gasteiger partial charge in [-0.15, -0.1) is 0 Å². The van der Waals surface area contributed by atoms with Gasteiger partial charge < -0.3 is 15.4 Å². The average molecular weight is 524 g/mol. The summed E-state index contributed by atoms with van der Waals surface area (Å²) >= 11 is 19.1. The van der Waals surface area contributed by atoms with Crippen LogP contribution in [0, 0.1) is 11.8 Å². The molecule has 5 rings (SSSR count). The Morgan fingerprint density at radius 3 is 2.44 bits per heavy atom. The Bertz CT molecular complexity index is 1150. The van der Waals surface area contributed by atoms with Crippen molar-refractivity contribution in [3.05, 3.63) is 33.4 Å². The van der Waals surface area contributed by atoms with Gasteiger partial charge in [-0.3, -0.25) is 4.57 Å². The number of rotatable bonds is 5. The van der Waals surface area contributed by atoms with Gasteiger partial charge in [0.05, 0.1) is 28.5 Å². The molecule has 0 radical (unpaired) electrons.